The number of rotatable bonds is 5. The maximum absolute atomic E-state index is 12.5. The van der Waals surface area contributed by atoms with Gasteiger partial charge in [-0.05, 0) is 25.3 Å². The van der Waals surface area contributed by atoms with Gasteiger partial charge in [0.15, 0.2) is 0 Å². The zero-order valence-corrected chi connectivity index (χ0v) is 14.7. The summed E-state index contributed by atoms with van der Waals surface area (Å²) in [5.74, 6) is 0.879. The normalized spacial score (nSPS) is 20.3. The van der Waals surface area contributed by atoms with Crippen molar-refractivity contribution >= 4 is 11.9 Å². The quantitative estimate of drug-likeness (QED) is 0.841. The molecule has 25 heavy (non-hydrogen) atoms. The van der Waals surface area contributed by atoms with Gasteiger partial charge in [-0.15, -0.1) is 0 Å². The molecule has 0 bridgehead atoms. The lowest BCUT2D eigenvalue weighted by atomic mass is 10.0. The molecular formula is C17H23N5O3. The van der Waals surface area contributed by atoms with Gasteiger partial charge in [-0.1, -0.05) is 19.0 Å². The summed E-state index contributed by atoms with van der Waals surface area (Å²) in [6.07, 6.45) is 3.87. The Kier molecular flexibility index (Phi) is 4.71. The van der Waals surface area contributed by atoms with Crippen molar-refractivity contribution in [3.8, 4) is 0 Å². The van der Waals surface area contributed by atoms with Gasteiger partial charge in [-0.3, -0.25) is 4.79 Å². The Labute approximate surface area is 146 Å². The van der Waals surface area contributed by atoms with E-state index in [1.807, 2.05) is 18.7 Å². The second kappa shape index (κ2) is 6.79. The van der Waals surface area contributed by atoms with Gasteiger partial charge >= 0.3 is 0 Å². The van der Waals surface area contributed by atoms with Gasteiger partial charge < -0.3 is 19.8 Å². The summed E-state index contributed by atoms with van der Waals surface area (Å²) in [6.45, 7) is 6.79. The van der Waals surface area contributed by atoms with E-state index in [0.29, 0.717) is 42.5 Å². The molecule has 8 heteroatoms. The zero-order chi connectivity index (χ0) is 18.0. The molecular weight excluding hydrogens is 322 g/mol. The lowest BCUT2D eigenvalue weighted by Gasteiger charge is -2.23. The first-order chi connectivity index (χ1) is 11.9. The molecule has 2 N–H and O–H groups in total. The summed E-state index contributed by atoms with van der Waals surface area (Å²) < 4.78 is 5.15. The molecule has 2 aromatic rings. The highest BCUT2D eigenvalue weighted by Crippen LogP contribution is 2.25. The summed E-state index contributed by atoms with van der Waals surface area (Å²) in [5, 5.41) is 17.5. The molecule has 3 heterocycles. The maximum Gasteiger partial charge on any atom is 0.256 e. The van der Waals surface area contributed by atoms with Gasteiger partial charge in [-0.2, -0.15) is 0 Å². The number of nitrogens with zero attached hydrogens (tertiary/aromatic N) is 4. The molecule has 0 aliphatic carbocycles. The van der Waals surface area contributed by atoms with E-state index in [4.69, 9.17) is 4.52 Å². The number of aromatic nitrogens is 3. The summed E-state index contributed by atoms with van der Waals surface area (Å²) in [6, 6.07) is 1.75. The van der Waals surface area contributed by atoms with Crippen LogP contribution in [0.4, 0.5) is 5.95 Å². The standard InChI is InChI=1S/C17H23N5O3/c1-11(2)14-13(12(3)25-21-14)15(23)20-9-17(24)5-8-22(10-17)16-18-6-4-7-19-16/h4,6-7,11,24H,5,8-10H2,1-3H3,(H,20,23). The van der Waals surface area contributed by atoms with Crippen LogP contribution in [0.1, 0.15) is 48.0 Å². The van der Waals surface area contributed by atoms with E-state index in [1.165, 1.54) is 0 Å². The van der Waals surface area contributed by atoms with Gasteiger partial charge in [0.05, 0.1) is 12.2 Å². The molecule has 1 atom stereocenters. The van der Waals surface area contributed by atoms with Crippen LogP contribution < -0.4 is 10.2 Å². The molecule has 1 aliphatic rings. The van der Waals surface area contributed by atoms with E-state index in [1.54, 1.807) is 25.4 Å². The van der Waals surface area contributed by atoms with Crippen LogP contribution in [-0.2, 0) is 0 Å². The van der Waals surface area contributed by atoms with Crippen molar-refractivity contribution < 1.29 is 14.4 Å². The lowest BCUT2D eigenvalue weighted by Crippen LogP contribution is -2.45. The third-order valence-electron chi connectivity index (χ3n) is 4.41. The highest BCUT2D eigenvalue weighted by atomic mass is 16.5. The Hall–Kier alpha value is -2.48. The van der Waals surface area contributed by atoms with Crippen molar-refractivity contribution in [3.05, 3.63) is 35.5 Å². The fourth-order valence-corrected chi connectivity index (χ4v) is 3.02. The van der Waals surface area contributed by atoms with Crippen molar-refractivity contribution in [3.63, 3.8) is 0 Å². The van der Waals surface area contributed by atoms with E-state index in [-0.39, 0.29) is 18.4 Å². The van der Waals surface area contributed by atoms with E-state index < -0.39 is 5.60 Å². The molecule has 0 saturated carbocycles. The van der Waals surface area contributed by atoms with Crippen LogP contribution in [0, 0.1) is 6.92 Å². The molecule has 0 spiro atoms. The fourth-order valence-electron chi connectivity index (χ4n) is 3.02. The van der Waals surface area contributed by atoms with Gasteiger partial charge in [0, 0.05) is 25.5 Å². The van der Waals surface area contributed by atoms with E-state index in [9.17, 15) is 9.90 Å². The number of carbonyl (C=O) groups is 1. The lowest BCUT2D eigenvalue weighted by molar-refractivity contribution is 0.0574. The molecule has 134 valence electrons. The SMILES string of the molecule is Cc1onc(C(C)C)c1C(=O)NCC1(O)CCN(c2ncccn2)C1. The van der Waals surface area contributed by atoms with Crippen molar-refractivity contribution in [2.75, 3.05) is 24.5 Å². The number of hydrogen-bond acceptors (Lipinski definition) is 7. The molecule has 1 fully saturated rings. The Morgan fingerprint density at radius 3 is 2.84 bits per heavy atom. The molecule has 8 nitrogen and oxygen atoms in total. The summed E-state index contributed by atoms with van der Waals surface area (Å²) >= 11 is 0. The van der Waals surface area contributed by atoms with Gasteiger partial charge in [0.25, 0.3) is 5.91 Å². The summed E-state index contributed by atoms with van der Waals surface area (Å²) in [7, 11) is 0. The number of nitrogens with one attached hydrogen (secondary N) is 1. The van der Waals surface area contributed by atoms with Gasteiger partial charge in [-0.25, -0.2) is 9.97 Å². The minimum Gasteiger partial charge on any atom is -0.386 e. The van der Waals surface area contributed by atoms with Crippen molar-refractivity contribution in [1.29, 1.82) is 0 Å². The fraction of sp³-hybridized carbons (Fsp3) is 0.529. The highest BCUT2D eigenvalue weighted by Gasteiger charge is 2.38. The molecule has 2 aromatic heterocycles. The summed E-state index contributed by atoms with van der Waals surface area (Å²) in [4.78, 5) is 22.9. The molecule has 1 amide bonds. The number of amides is 1. The first kappa shape index (κ1) is 17.3. The maximum atomic E-state index is 12.5. The van der Waals surface area contributed by atoms with Crippen LogP contribution >= 0.6 is 0 Å². The van der Waals surface area contributed by atoms with Crippen LogP contribution in [0.15, 0.2) is 23.0 Å². The van der Waals surface area contributed by atoms with Crippen LogP contribution in [0.5, 0.6) is 0 Å². The van der Waals surface area contributed by atoms with Crippen LogP contribution in [0.25, 0.3) is 0 Å². The molecule has 1 unspecified atom stereocenters. The van der Waals surface area contributed by atoms with E-state index in [0.717, 1.165) is 0 Å². The van der Waals surface area contributed by atoms with Crippen molar-refractivity contribution in [2.24, 2.45) is 0 Å². The Bertz CT molecular complexity index is 746. The molecule has 0 aromatic carbocycles. The average molecular weight is 345 g/mol. The number of aryl methyl sites for hydroxylation is 1. The van der Waals surface area contributed by atoms with Gasteiger partial charge in [0.2, 0.25) is 5.95 Å². The molecule has 0 radical (unpaired) electrons. The predicted molar refractivity (Wildman–Crippen MR) is 91.5 cm³/mol. The van der Waals surface area contributed by atoms with Crippen LogP contribution in [0.2, 0.25) is 0 Å². The molecule has 1 saturated heterocycles. The average Bonchev–Trinajstić information content (AvgIpc) is 3.17. The monoisotopic (exact) mass is 345 g/mol. The number of β-amino-alcohol motifs (C(OH)–C–C–N with tert-alkyl or cyclic N) is 1. The van der Waals surface area contributed by atoms with E-state index >= 15 is 0 Å². The largest absolute Gasteiger partial charge is 0.386 e. The molecule has 1 aliphatic heterocycles. The van der Waals surface area contributed by atoms with Crippen LogP contribution in [-0.4, -0.2) is 51.4 Å². The van der Waals surface area contributed by atoms with Crippen molar-refractivity contribution in [1.82, 2.24) is 20.4 Å². The Morgan fingerprint density at radius 1 is 1.44 bits per heavy atom. The first-order valence-electron chi connectivity index (χ1n) is 8.38. The minimum absolute atomic E-state index is 0.0819. The van der Waals surface area contributed by atoms with E-state index in [2.05, 4.69) is 20.4 Å². The molecule has 3 rings (SSSR count). The smallest absolute Gasteiger partial charge is 0.256 e. The first-order valence-corrected chi connectivity index (χ1v) is 8.38. The summed E-state index contributed by atoms with van der Waals surface area (Å²) in [5.41, 5.74) is 0.0744. The number of anilines is 1. The van der Waals surface area contributed by atoms with Crippen LogP contribution in [0.3, 0.4) is 0 Å². The number of carbonyl (C=O) groups excluding carboxylic acids is 1. The van der Waals surface area contributed by atoms with Gasteiger partial charge in [0.1, 0.15) is 16.9 Å². The number of aliphatic hydroxyl groups is 1. The highest BCUT2D eigenvalue weighted by molar-refractivity contribution is 5.96. The Balaban J connectivity index is 1.64. The third kappa shape index (κ3) is 3.63. The second-order valence-corrected chi connectivity index (χ2v) is 6.78. The van der Waals surface area contributed by atoms with Crippen molar-refractivity contribution in [2.45, 2.75) is 38.7 Å². The Morgan fingerprint density at radius 2 is 2.16 bits per heavy atom. The topological polar surface area (TPSA) is 104 Å². The second-order valence-electron chi connectivity index (χ2n) is 6.78. The number of hydrogen-bond donors (Lipinski definition) is 2. The predicted octanol–water partition coefficient (Wildman–Crippen LogP) is 1.27. The minimum atomic E-state index is -1.02. The zero-order valence-electron chi connectivity index (χ0n) is 14.7. The third-order valence-corrected chi connectivity index (χ3v) is 4.41.